The van der Waals surface area contributed by atoms with E-state index in [1.54, 1.807) is 11.3 Å². The van der Waals surface area contributed by atoms with E-state index in [0.29, 0.717) is 6.04 Å². The van der Waals surface area contributed by atoms with Crippen molar-refractivity contribution in [2.75, 3.05) is 18.0 Å². The number of aromatic nitrogens is 2. The Kier molecular flexibility index (Phi) is 5.70. The molecule has 4 nitrogen and oxygen atoms in total. The van der Waals surface area contributed by atoms with Crippen LogP contribution >= 0.6 is 11.3 Å². The van der Waals surface area contributed by atoms with E-state index in [2.05, 4.69) is 53.1 Å². The molecular formula is C16H24N4S. The zero-order valence-electron chi connectivity index (χ0n) is 13.3. The van der Waals surface area contributed by atoms with Crippen molar-refractivity contribution in [1.29, 1.82) is 0 Å². The summed E-state index contributed by atoms with van der Waals surface area (Å²) < 4.78 is 0. The summed E-state index contributed by atoms with van der Waals surface area (Å²) in [6.07, 6.45) is 1.99. The van der Waals surface area contributed by atoms with Crippen molar-refractivity contribution in [2.45, 2.75) is 40.3 Å². The number of nitrogens with zero attached hydrogens (tertiary/aromatic N) is 3. The highest BCUT2D eigenvalue weighted by Gasteiger charge is 2.14. The van der Waals surface area contributed by atoms with E-state index in [-0.39, 0.29) is 0 Å². The summed E-state index contributed by atoms with van der Waals surface area (Å²) >= 11 is 1.76. The maximum atomic E-state index is 4.59. The molecule has 2 heterocycles. The van der Waals surface area contributed by atoms with Crippen LogP contribution in [0.3, 0.4) is 0 Å². The third-order valence-electron chi connectivity index (χ3n) is 3.40. The first-order chi connectivity index (χ1) is 10.1. The van der Waals surface area contributed by atoms with E-state index >= 15 is 0 Å². The van der Waals surface area contributed by atoms with Crippen LogP contribution in [0.4, 0.5) is 5.13 Å². The predicted octanol–water partition coefficient (Wildman–Crippen LogP) is 3.54. The number of aryl methyl sites for hydroxylation is 1. The third-order valence-corrected chi connectivity index (χ3v) is 4.64. The molecule has 21 heavy (non-hydrogen) atoms. The standard InChI is InChI=1S/C16H24N4S/c1-5-17-13(4)15-10-18-16(21-15)20(6-2)11-14-9-7-8-12(3)19-14/h7-10,13,17H,5-6,11H2,1-4H3. The Morgan fingerprint density at radius 3 is 2.81 bits per heavy atom. The van der Waals surface area contributed by atoms with Crippen LogP contribution in [0.2, 0.25) is 0 Å². The molecule has 1 atom stereocenters. The summed E-state index contributed by atoms with van der Waals surface area (Å²) in [6.45, 7) is 11.2. The van der Waals surface area contributed by atoms with Crippen LogP contribution in [0.5, 0.6) is 0 Å². The smallest absolute Gasteiger partial charge is 0.185 e. The molecule has 0 saturated carbocycles. The molecule has 0 radical (unpaired) electrons. The van der Waals surface area contributed by atoms with Gasteiger partial charge in [0, 0.05) is 29.4 Å². The molecule has 1 unspecified atom stereocenters. The molecule has 0 bridgehead atoms. The molecule has 0 fully saturated rings. The van der Waals surface area contributed by atoms with Gasteiger partial charge in [0.25, 0.3) is 0 Å². The van der Waals surface area contributed by atoms with Crippen molar-refractivity contribution in [3.8, 4) is 0 Å². The average Bonchev–Trinajstić information content (AvgIpc) is 2.95. The van der Waals surface area contributed by atoms with Gasteiger partial charge in [0.15, 0.2) is 5.13 Å². The van der Waals surface area contributed by atoms with Gasteiger partial charge in [-0.15, -0.1) is 11.3 Å². The van der Waals surface area contributed by atoms with Crippen molar-refractivity contribution in [1.82, 2.24) is 15.3 Å². The number of thiazole rings is 1. The quantitative estimate of drug-likeness (QED) is 0.849. The van der Waals surface area contributed by atoms with Crippen molar-refractivity contribution in [3.63, 3.8) is 0 Å². The lowest BCUT2D eigenvalue weighted by molar-refractivity contribution is 0.606. The minimum Gasteiger partial charge on any atom is -0.342 e. The molecule has 2 aromatic heterocycles. The average molecular weight is 304 g/mol. The molecule has 0 aliphatic rings. The molecule has 0 saturated heterocycles. The second kappa shape index (κ2) is 7.52. The van der Waals surface area contributed by atoms with Gasteiger partial charge >= 0.3 is 0 Å². The number of nitrogens with one attached hydrogen (secondary N) is 1. The first-order valence-electron chi connectivity index (χ1n) is 7.50. The fraction of sp³-hybridized carbons (Fsp3) is 0.500. The van der Waals surface area contributed by atoms with E-state index < -0.39 is 0 Å². The summed E-state index contributed by atoms with van der Waals surface area (Å²) in [5.74, 6) is 0. The predicted molar refractivity (Wildman–Crippen MR) is 89.9 cm³/mol. The molecule has 2 aromatic rings. The topological polar surface area (TPSA) is 41.1 Å². The van der Waals surface area contributed by atoms with E-state index in [1.807, 2.05) is 19.2 Å². The lowest BCUT2D eigenvalue weighted by Gasteiger charge is -2.19. The van der Waals surface area contributed by atoms with Crippen LogP contribution in [-0.4, -0.2) is 23.1 Å². The van der Waals surface area contributed by atoms with Gasteiger partial charge in [-0.2, -0.15) is 0 Å². The van der Waals surface area contributed by atoms with Gasteiger partial charge in [0.1, 0.15) is 0 Å². The third kappa shape index (κ3) is 4.25. The summed E-state index contributed by atoms with van der Waals surface area (Å²) in [7, 11) is 0. The molecule has 0 amide bonds. The minimum atomic E-state index is 0.358. The van der Waals surface area contributed by atoms with Crippen LogP contribution in [0, 0.1) is 6.92 Å². The van der Waals surface area contributed by atoms with Gasteiger partial charge in [-0.25, -0.2) is 4.98 Å². The van der Waals surface area contributed by atoms with Crippen molar-refractivity contribution < 1.29 is 0 Å². The lowest BCUT2D eigenvalue weighted by Crippen LogP contribution is -2.22. The Morgan fingerprint density at radius 1 is 1.33 bits per heavy atom. The molecule has 5 heteroatoms. The van der Waals surface area contributed by atoms with Crippen LogP contribution in [0.1, 0.15) is 43.1 Å². The Morgan fingerprint density at radius 2 is 2.14 bits per heavy atom. The van der Waals surface area contributed by atoms with Crippen molar-refractivity contribution >= 4 is 16.5 Å². The Balaban J connectivity index is 2.10. The van der Waals surface area contributed by atoms with Gasteiger partial charge in [-0.1, -0.05) is 13.0 Å². The number of hydrogen-bond donors (Lipinski definition) is 1. The maximum Gasteiger partial charge on any atom is 0.185 e. The monoisotopic (exact) mass is 304 g/mol. The van der Waals surface area contributed by atoms with Gasteiger partial charge < -0.3 is 10.2 Å². The van der Waals surface area contributed by atoms with E-state index in [9.17, 15) is 0 Å². The van der Waals surface area contributed by atoms with Gasteiger partial charge in [0.2, 0.25) is 0 Å². The summed E-state index contributed by atoms with van der Waals surface area (Å²) in [6, 6.07) is 6.52. The fourth-order valence-corrected chi connectivity index (χ4v) is 3.23. The van der Waals surface area contributed by atoms with Crippen molar-refractivity contribution in [2.24, 2.45) is 0 Å². The Labute approximate surface area is 131 Å². The SMILES string of the molecule is CCNC(C)c1cnc(N(CC)Cc2cccc(C)n2)s1. The molecular weight excluding hydrogens is 280 g/mol. The van der Waals surface area contributed by atoms with Crippen LogP contribution in [-0.2, 0) is 6.54 Å². The van der Waals surface area contributed by atoms with Crippen LogP contribution in [0.15, 0.2) is 24.4 Å². The van der Waals surface area contributed by atoms with E-state index in [0.717, 1.165) is 36.2 Å². The molecule has 1 N–H and O–H groups in total. The lowest BCUT2D eigenvalue weighted by atomic mass is 10.3. The zero-order chi connectivity index (χ0) is 15.2. The highest BCUT2D eigenvalue weighted by atomic mass is 32.1. The summed E-state index contributed by atoms with van der Waals surface area (Å²) in [4.78, 5) is 12.7. The largest absolute Gasteiger partial charge is 0.342 e. The van der Waals surface area contributed by atoms with E-state index in [1.165, 1.54) is 4.88 Å². The van der Waals surface area contributed by atoms with Gasteiger partial charge in [-0.3, -0.25) is 4.98 Å². The van der Waals surface area contributed by atoms with E-state index in [4.69, 9.17) is 0 Å². The number of anilines is 1. The molecule has 0 aliphatic heterocycles. The number of hydrogen-bond acceptors (Lipinski definition) is 5. The second-order valence-corrected chi connectivity index (χ2v) is 6.15. The molecule has 0 aromatic carbocycles. The highest BCUT2D eigenvalue weighted by molar-refractivity contribution is 7.15. The Bertz CT molecular complexity index is 567. The maximum absolute atomic E-state index is 4.59. The normalized spacial score (nSPS) is 12.4. The van der Waals surface area contributed by atoms with Gasteiger partial charge in [-0.05, 0) is 39.4 Å². The fourth-order valence-electron chi connectivity index (χ4n) is 2.23. The molecule has 114 valence electrons. The van der Waals surface area contributed by atoms with Gasteiger partial charge in [0.05, 0.1) is 12.2 Å². The first kappa shape index (κ1) is 15.9. The summed E-state index contributed by atoms with van der Waals surface area (Å²) in [5, 5.41) is 4.50. The number of rotatable bonds is 7. The minimum absolute atomic E-state index is 0.358. The zero-order valence-corrected chi connectivity index (χ0v) is 14.1. The second-order valence-electron chi connectivity index (χ2n) is 5.11. The Hall–Kier alpha value is -1.46. The summed E-state index contributed by atoms with van der Waals surface area (Å²) in [5.41, 5.74) is 2.15. The molecule has 0 spiro atoms. The molecule has 2 rings (SSSR count). The number of pyridine rings is 1. The van der Waals surface area contributed by atoms with Crippen LogP contribution < -0.4 is 10.2 Å². The highest BCUT2D eigenvalue weighted by Crippen LogP contribution is 2.27. The van der Waals surface area contributed by atoms with Crippen LogP contribution in [0.25, 0.3) is 0 Å². The van der Waals surface area contributed by atoms with Crippen molar-refractivity contribution in [3.05, 3.63) is 40.7 Å². The first-order valence-corrected chi connectivity index (χ1v) is 8.32. The molecule has 0 aliphatic carbocycles.